The van der Waals surface area contributed by atoms with Crippen LogP contribution in [-0.2, 0) is 49.9 Å². The Bertz CT molecular complexity index is 2270. The first kappa shape index (κ1) is 52.1. The average molecular weight is 943 g/mol. The summed E-state index contributed by atoms with van der Waals surface area (Å²) in [5, 5.41) is 22.8. The van der Waals surface area contributed by atoms with Gasteiger partial charge in [-0.05, 0) is 55.7 Å². The zero-order chi connectivity index (χ0) is 48.7. The predicted molar refractivity (Wildman–Crippen MR) is 254 cm³/mol. The van der Waals surface area contributed by atoms with Crippen LogP contribution in [0, 0.1) is 0 Å². The van der Waals surface area contributed by atoms with Crippen molar-refractivity contribution in [1.29, 1.82) is 0 Å². The minimum Gasteiger partial charge on any atom is -0.508 e. The fraction of sp³-hybridized carbons (Fsp3) is 0.347. The Morgan fingerprint density at radius 3 is 1.88 bits per heavy atom. The van der Waals surface area contributed by atoms with Gasteiger partial charge >= 0.3 is 12.1 Å². The SMILES string of the molecule is C=CCOC(=O)NCC(=O)N[C@@H](C)C(=O)N[C@@H](Cc1ccc(O)cc1)C(=O)N[C@H](C(=O)NCC(=O)OC(c1ccccc1)(c1ccccc1)c1ccccc1Cl)[C@@H](C)O[Si](C)(C)C(C)(C)C. The van der Waals surface area contributed by atoms with Crippen LogP contribution >= 0.6 is 11.6 Å². The number of carbonyl (C=O) groups excluding carboxylic acids is 6. The highest BCUT2D eigenvalue weighted by atomic mass is 35.5. The van der Waals surface area contributed by atoms with E-state index in [1.807, 2.05) is 94.5 Å². The van der Waals surface area contributed by atoms with Gasteiger partial charge in [0.2, 0.25) is 23.6 Å². The van der Waals surface area contributed by atoms with Crippen molar-refractivity contribution < 1.29 is 47.8 Å². The molecule has 4 rings (SSSR count). The maximum Gasteiger partial charge on any atom is 0.407 e. The van der Waals surface area contributed by atoms with Gasteiger partial charge in [0.05, 0.1) is 6.10 Å². The van der Waals surface area contributed by atoms with Gasteiger partial charge < -0.3 is 45.6 Å². The summed E-state index contributed by atoms with van der Waals surface area (Å²) in [7, 11) is -2.60. The summed E-state index contributed by atoms with van der Waals surface area (Å²) in [5.74, 6) is -3.88. The van der Waals surface area contributed by atoms with Gasteiger partial charge in [-0.25, -0.2) is 4.79 Å². The zero-order valence-electron chi connectivity index (χ0n) is 38.3. The molecule has 4 aromatic rings. The Morgan fingerprint density at radius 2 is 1.32 bits per heavy atom. The zero-order valence-corrected chi connectivity index (χ0v) is 40.1. The second kappa shape index (κ2) is 23.6. The van der Waals surface area contributed by atoms with Crippen molar-refractivity contribution in [2.45, 2.75) is 89.0 Å². The summed E-state index contributed by atoms with van der Waals surface area (Å²) in [6, 6.07) is 27.3. The van der Waals surface area contributed by atoms with Crippen molar-refractivity contribution in [1.82, 2.24) is 26.6 Å². The number of alkyl carbamates (subject to hydrolysis) is 1. The lowest BCUT2D eigenvalue weighted by atomic mass is 9.80. The molecule has 0 aliphatic rings. The molecule has 0 unspecified atom stereocenters. The monoisotopic (exact) mass is 941 g/mol. The third-order valence-corrected chi connectivity index (χ3v) is 16.0. The highest BCUT2D eigenvalue weighted by molar-refractivity contribution is 6.74. The fourth-order valence-electron chi connectivity index (χ4n) is 6.65. The number of phenolic OH excluding ortho intramolecular Hbond substituents is 1. The molecular weight excluding hydrogens is 882 g/mol. The summed E-state index contributed by atoms with van der Waals surface area (Å²) >= 11 is 6.83. The van der Waals surface area contributed by atoms with E-state index in [2.05, 4.69) is 33.2 Å². The minimum absolute atomic E-state index is 0.0226. The molecule has 4 aromatic carbocycles. The number of phenols is 1. The smallest absolute Gasteiger partial charge is 0.407 e. The molecule has 0 heterocycles. The maximum absolute atomic E-state index is 14.4. The van der Waals surface area contributed by atoms with E-state index in [4.69, 9.17) is 25.5 Å². The number of ether oxygens (including phenoxy) is 2. The lowest BCUT2D eigenvalue weighted by Gasteiger charge is -2.40. The quantitative estimate of drug-likeness (QED) is 0.0247. The highest BCUT2D eigenvalue weighted by Crippen LogP contribution is 2.43. The molecule has 15 nitrogen and oxygen atoms in total. The van der Waals surface area contributed by atoms with Crippen molar-refractivity contribution in [3.05, 3.63) is 149 Å². The summed E-state index contributed by atoms with van der Waals surface area (Å²) in [5.41, 5.74) is 0.685. The van der Waals surface area contributed by atoms with E-state index >= 15 is 0 Å². The van der Waals surface area contributed by atoms with E-state index in [0.29, 0.717) is 27.3 Å². The van der Waals surface area contributed by atoms with E-state index in [0.717, 1.165) is 0 Å². The number of hydrogen-bond donors (Lipinski definition) is 6. The number of amides is 5. The van der Waals surface area contributed by atoms with Crippen LogP contribution in [0.4, 0.5) is 4.79 Å². The number of benzene rings is 4. The van der Waals surface area contributed by atoms with Gasteiger partial charge in [-0.1, -0.05) is 136 Å². The molecule has 66 heavy (non-hydrogen) atoms. The molecule has 0 spiro atoms. The average Bonchev–Trinajstić information content (AvgIpc) is 3.28. The Hall–Kier alpha value is -6.49. The van der Waals surface area contributed by atoms with E-state index < -0.39 is 86.9 Å². The normalized spacial score (nSPS) is 13.4. The Kier molecular flexibility index (Phi) is 18.7. The number of hydrogen-bond acceptors (Lipinski definition) is 10. The van der Waals surface area contributed by atoms with E-state index in [-0.39, 0.29) is 23.8 Å². The lowest BCUT2D eigenvalue weighted by Crippen LogP contribution is -2.61. The molecule has 17 heteroatoms. The van der Waals surface area contributed by atoms with E-state index in [1.165, 1.54) is 25.1 Å². The van der Waals surface area contributed by atoms with Crippen LogP contribution in [0.3, 0.4) is 0 Å². The first-order chi connectivity index (χ1) is 31.2. The number of rotatable bonds is 21. The molecule has 0 bridgehead atoms. The standard InChI is InChI=1S/C49H60ClN5O10Si/c1-9-28-63-47(62)52-30-41(57)53-32(2)44(59)54-40(29-34-24-26-37(56)27-25-34)45(60)55-43(33(3)65-66(7,8)48(4,5)6)46(61)51-31-42(58)64-49(35-18-12-10-13-19-35,36-20-14-11-15-21-36)38-22-16-17-23-39(38)50/h9-27,32-33,40,43,56H,1,28-31H2,2-8H3,(H,51,61)(H,52,62)(H,53,57)(H,54,59)(H,55,60)/t32-,33+,40-,43-/m0/s1. The molecule has 0 saturated heterocycles. The minimum atomic E-state index is -2.60. The number of aromatic hydroxyl groups is 1. The summed E-state index contributed by atoms with van der Waals surface area (Å²) in [4.78, 5) is 80.9. The molecule has 4 atom stereocenters. The van der Waals surface area contributed by atoms with E-state index in [9.17, 15) is 33.9 Å². The summed E-state index contributed by atoms with van der Waals surface area (Å²) in [6.45, 7) is 15.3. The lowest BCUT2D eigenvalue weighted by molar-refractivity contribution is -0.153. The fourth-order valence-corrected chi connectivity index (χ4v) is 8.34. The van der Waals surface area contributed by atoms with Gasteiger partial charge in [-0.2, -0.15) is 0 Å². The number of carbonyl (C=O) groups is 6. The molecule has 0 aromatic heterocycles. The van der Waals surface area contributed by atoms with Crippen molar-refractivity contribution in [3.63, 3.8) is 0 Å². The van der Waals surface area contributed by atoms with Crippen LogP contribution in [0.15, 0.2) is 122 Å². The molecular formula is C49H60ClN5O10Si. The van der Waals surface area contributed by atoms with Gasteiger partial charge in [0, 0.05) is 28.1 Å². The third kappa shape index (κ3) is 14.3. The van der Waals surface area contributed by atoms with Crippen LogP contribution in [0.2, 0.25) is 23.2 Å². The predicted octanol–water partition coefficient (Wildman–Crippen LogP) is 6.04. The summed E-state index contributed by atoms with van der Waals surface area (Å²) < 4.78 is 17.9. The van der Waals surface area contributed by atoms with Crippen molar-refractivity contribution in [2.75, 3.05) is 19.7 Å². The Morgan fingerprint density at radius 1 is 0.742 bits per heavy atom. The molecule has 0 aliphatic carbocycles. The van der Waals surface area contributed by atoms with Crippen molar-refractivity contribution in [2.24, 2.45) is 0 Å². The Labute approximate surface area is 392 Å². The third-order valence-electron chi connectivity index (χ3n) is 11.1. The molecule has 0 saturated carbocycles. The first-order valence-electron chi connectivity index (χ1n) is 21.4. The largest absolute Gasteiger partial charge is 0.508 e. The van der Waals surface area contributed by atoms with E-state index in [1.54, 1.807) is 43.3 Å². The Balaban J connectivity index is 1.63. The molecule has 352 valence electrons. The van der Waals surface area contributed by atoms with Crippen LogP contribution < -0.4 is 26.6 Å². The number of halogens is 1. The van der Waals surface area contributed by atoms with Crippen LogP contribution in [0.5, 0.6) is 5.75 Å². The van der Waals surface area contributed by atoms with Crippen molar-refractivity contribution in [3.8, 4) is 5.75 Å². The van der Waals surface area contributed by atoms with Crippen molar-refractivity contribution >= 4 is 55.6 Å². The van der Waals surface area contributed by atoms with Gasteiger partial charge in [0.1, 0.15) is 43.6 Å². The summed E-state index contributed by atoms with van der Waals surface area (Å²) in [6.07, 6.45) is -0.553. The molecule has 0 aliphatic heterocycles. The van der Waals surface area contributed by atoms with Gasteiger partial charge in [-0.15, -0.1) is 0 Å². The van der Waals surface area contributed by atoms with Gasteiger partial charge in [-0.3, -0.25) is 24.0 Å². The molecule has 0 radical (unpaired) electrons. The second-order valence-electron chi connectivity index (χ2n) is 17.1. The first-order valence-corrected chi connectivity index (χ1v) is 24.7. The topological polar surface area (TPSA) is 210 Å². The van der Waals surface area contributed by atoms with Gasteiger partial charge in [0.15, 0.2) is 13.9 Å². The number of esters is 1. The maximum atomic E-state index is 14.4. The number of nitrogens with one attached hydrogen (secondary N) is 5. The van der Waals surface area contributed by atoms with Crippen LogP contribution in [0.1, 0.15) is 56.9 Å². The van der Waals surface area contributed by atoms with Crippen LogP contribution in [-0.4, -0.2) is 93.0 Å². The molecule has 5 amide bonds. The highest BCUT2D eigenvalue weighted by Gasteiger charge is 2.44. The van der Waals surface area contributed by atoms with Crippen LogP contribution in [0.25, 0.3) is 0 Å². The molecule has 0 fully saturated rings. The second-order valence-corrected chi connectivity index (χ2v) is 22.3. The van der Waals surface area contributed by atoms with Gasteiger partial charge in [0.25, 0.3) is 0 Å². The molecule has 6 N–H and O–H groups in total.